The van der Waals surface area contributed by atoms with Crippen LogP contribution in [0.1, 0.15) is 18.1 Å². The largest absolute Gasteiger partial charge is 0.378 e. The Bertz CT molecular complexity index is 450. The van der Waals surface area contributed by atoms with Crippen molar-refractivity contribution in [2.45, 2.75) is 26.1 Å². The second-order valence-electron chi connectivity index (χ2n) is 4.98. The summed E-state index contributed by atoms with van der Waals surface area (Å²) in [6.45, 7) is 5.77. The lowest BCUT2D eigenvalue weighted by Crippen LogP contribution is -2.53. The topological polar surface area (TPSA) is 67.6 Å². The molecule has 0 aromatic heterocycles. The number of morpholine rings is 1. The molecule has 1 amide bonds. The monoisotopic (exact) mass is 277 g/mol. The summed E-state index contributed by atoms with van der Waals surface area (Å²) in [7, 11) is 0. The molecule has 3 N–H and O–H groups in total. The fourth-order valence-electron chi connectivity index (χ4n) is 2.45. The zero-order valence-electron chi connectivity index (χ0n) is 12.0. The molecule has 1 heterocycles. The van der Waals surface area contributed by atoms with Gasteiger partial charge in [0.15, 0.2) is 0 Å². The molecule has 0 bridgehead atoms. The standard InChI is InChI=1S/C15H23N3O2/c1-2-17-15(19)14-11-20-7-6-18(14)10-13-5-3-4-12(8-13)9-16/h3-5,8,14H,2,6-7,9-11,16H2,1H3,(H,17,19). The van der Waals surface area contributed by atoms with E-state index < -0.39 is 0 Å². The second kappa shape index (κ2) is 7.38. The third kappa shape index (κ3) is 3.79. The minimum absolute atomic E-state index is 0.0437. The van der Waals surface area contributed by atoms with Gasteiger partial charge < -0.3 is 15.8 Å². The molecule has 2 rings (SSSR count). The average molecular weight is 277 g/mol. The van der Waals surface area contributed by atoms with Crippen molar-refractivity contribution in [1.29, 1.82) is 0 Å². The van der Waals surface area contributed by atoms with Gasteiger partial charge in [0, 0.05) is 26.2 Å². The number of carbonyl (C=O) groups is 1. The van der Waals surface area contributed by atoms with E-state index in [9.17, 15) is 4.79 Å². The van der Waals surface area contributed by atoms with Crippen LogP contribution in [0.4, 0.5) is 0 Å². The number of nitrogens with zero attached hydrogens (tertiary/aromatic N) is 1. The highest BCUT2D eigenvalue weighted by molar-refractivity contribution is 5.81. The maximum absolute atomic E-state index is 12.1. The molecular weight excluding hydrogens is 254 g/mol. The molecule has 5 nitrogen and oxygen atoms in total. The van der Waals surface area contributed by atoms with Gasteiger partial charge in [-0.05, 0) is 18.1 Å². The van der Waals surface area contributed by atoms with Gasteiger partial charge in [-0.3, -0.25) is 9.69 Å². The predicted octanol–water partition coefficient (Wildman–Crippen LogP) is 0.482. The molecule has 1 aromatic rings. The number of ether oxygens (including phenoxy) is 1. The lowest BCUT2D eigenvalue weighted by atomic mass is 10.1. The number of carbonyl (C=O) groups excluding carboxylic acids is 1. The molecule has 1 atom stereocenters. The van der Waals surface area contributed by atoms with Crippen LogP contribution in [0.25, 0.3) is 0 Å². The summed E-state index contributed by atoms with van der Waals surface area (Å²) in [5, 5.41) is 2.87. The van der Waals surface area contributed by atoms with E-state index in [-0.39, 0.29) is 11.9 Å². The molecule has 1 unspecified atom stereocenters. The summed E-state index contributed by atoms with van der Waals surface area (Å²) in [6.07, 6.45) is 0. The Hall–Kier alpha value is -1.43. The minimum atomic E-state index is -0.203. The summed E-state index contributed by atoms with van der Waals surface area (Å²) in [5.74, 6) is 0.0437. The van der Waals surface area contributed by atoms with E-state index >= 15 is 0 Å². The Morgan fingerprint density at radius 3 is 3.05 bits per heavy atom. The van der Waals surface area contributed by atoms with Gasteiger partial charge in [0.1, 0.15) is 6.04 Å². The van der Waals surface area contributed by atoms with Gasteiger partial charge in [-0.25, -0.2) is 0 Å². The Balaban J connectivity index is 2.06. The number of likely N-dealkylation sites (N-methyl/N-ethyl adjacent to an activating group) is 1. The van der Waals surface area contributed by atoms with Gasteiger partial charge >= 0.3 is 0 Å². The number of benzene rings is 1. The smallest absolute Gasteiger partial charge is 0.239 e. The first kappa shape index (κ1) is 15.0. The summed E-state index contributed by atoms with van der Waals surface area (Å²) in [4.78, 5) is 14.2. The molecule has 0 aliphatic carbocycles. The van der Waals surface area contributed by atoms with Gasteiger partial charge in [-0.15, -0.1) is 0 Å². The normalized spacial score (nSPS) is 19.8. The molecule has 0 saturated carbocycles. The van der Waals surface area contributed by atoms with Crippen LogP contribution in [0, 0.1) is 0 Å². The van der Waals surface area contributed by atoms with Crippen LogP contribution >= 0.6 is 0 Å². The van der Waals surface area contributed by atoms with E-state index in [1.165, 1.54) is 5.56 Å². The van der Waals surface area contributed by atoms with Crippen molar-refractivity contribution in [3.8, 4) is 0 Å². The van der Waals surface area contributed by atoms with E-state index in [1.54, 1.807) is 0 Å². The van der Waals surface area contributed by atoms with Crippen LogP contribution < -0.4 is 11.1 Å². The number of hydrogen-bond acceptors (Lipinski definition) is 4. The average Bonchev–Trinajstić information content (AvgIpc) is 2.48. The fraction of sp³-hybridized carbons (Fsp3) is 0.533. The number of hydrogen-bond donors (Lipinski definition) is 2. The molecule has 0 radical (unpaired) electrons. The number of amides is 1. The lowest BCUT2D eigenvalue weighted by Gasteiger charge is -2.34. The first-order chi connectivity index (χ1) is 9.74. The third-order valence-corrected chi connectivity index (χ3v) is 3.51. The van der Waals surface area contributed by atoms with Gasteiger partial charge in [-0.2, -0.15) is 0 Å². The number of nitrogens with two attached hydrogens (primary N) is 1. The Morgan fingerprint density at radius 2 is 2.30 bits per heavy atom. The lowest BCUT2D eigenvalue weighted by molar-refractivity contribution is -0.132. The maximum Gasteiger partial charge on any atom is 0.239 e. The Labute approximate surface area is 120 Å². The molecular formula is C15H23N3O2. The second-order valence-corrected chi connectivity index (χ2v) is 4.98. The van der Waals surface area contributed by atoms with Crippen molar-refractivity contribution in [2.75, 3.05) is 26.3 Å². The van der Waals surface area contributed by atoms with E-state index in [0.29, 0.717) is 26.3 Å². The van der Waals surface area contributed by atoms with Crippen molar-refractivity contribution >= 4 is 5.91 Å². The van der Waals surface area contributed by atoms with Gasteiger partial charge in [0.05, 0.1) is 13.2 Å². The maximum atomic E-state index is 12.1. The van der Waals surface area contributed by atoms with Gasteiger partial charge in [-0.1, -0.05) is 24.3 Å². The highest BCUT2D eigenvalue weighted by Gasteiger charge is 2.28. The summed E-state index contributed by atoms with van der Waals surface area (Å²) < 4.78 is 5.44. The first-order valence-corrected chi connectivity index (χ1v) is 7.12. The Kier molecular flexibility index (Phi) is 5.52. The van der Waals surface area contributed by atoms with Crippen molar-refractivity contribution in [1.82, 2.24) is 10.2 Å². The molecule has 1 aliphatic rings. The molecule has 5 heteroatoms. The van der Waals surface area contributed by atoms with Crippen molar-refractivity contribution < 1.29 is 9.53 Å². The van der Waals surface area contributed by atoms with E-state index in [1.807, 2.05) is 19.1 Å². The molecule has 20 heavy (non-hydrogen) atoms. The van der Waals surface area contributed by atoms with Crippen molar-refractivity contribution in [2.24, 2.45) is 5.73 Å². The number of rotatable bonds is 5. The fourth-order valence-corrected chi connectivity index (χ4v) is 2.45. The van der Waals surface area contributed by atoms with Gasteiger partial charge in [0.25, 0.3) is 0 Å². The third-order valence-electron chi connectivity index (χ3n) is 3.51. The quantitative estimate of drug-likeness (QED) is 0.821. The van der Waals surface area contributed by atoms with Crippen LogP contribution in [0.15, 0.2) is 24.3 Å². The molecule has 110 valence electrons. The number of nitrogens with one attached hydrogen (secondary N) is 1. The van der Waals surface area contributed by atoms with E-state index in [2.05, 4.69) is 22.3 Å². The summed E-state index contributed by atoms with van der Waals surface area (Å²) in [6, 6.07) is 8.00. The zero-order chi connectivity index (χ0) is 14.4. The first-order valence-electron chi connectivity index (χ1n) is 7.12. The van der Waals surface area contributed by atoms with Crippen LogP contribution in [0.5, 0.6) is 0 Å². The highest BCUT2D eigenvalue weighted by atomic mass is 16.5. The van der Waals surface area contributed by atoms with Crippen molar-refractivity contribution in [3.63, 3.8) is 0 Å². The zero-order valence-corrected chi connectivity index (χ0v) is 12.0. The molecule has 1 aliphatic heterocycles. The summed E-state index contributed by atoms with van der Waals surface area (Å²) in [5.41, 5.74) is 7.97. The highest BCUT2D eigenvalue weighted by Crippen LogP contribution is 2.14. The van der Waals surface area contributed by atoms with E-state index in [0.717, 1.165) is 18.7 Å². The van der Waals surface area contributed by atoms with E-state index in [4.69, 9.17) is 10.5 Å². The molecule has 0 spiro atoms. The summed E-state index contributed by atoms with van der Waals surface area (Å²) >= 11 is 0. The SMILES string of the molecule is CCNC(=O)C1COCCN1Cc1cccc(CN)c1. The molecule has 1 fully saturated rings. The molecule has 1 saturated heterocycles. The van der Waals surface area contributed by atoms with Crippen molar-refractivity contribution in [3.05, 3.63) is 35.4 Å². The van der Waals surface area contributed by atoms with Gasteiger partial charge in [0.2, 0.25) is 5.91 Å². The minimum Gasteiger partial charge on any atom is -0.378 e. The Morgan fingerprint density at radius 1 is 1.50 bits per heavy atom. The van der Waals surface area contributed by atoms with Crippen LogP contribution in [-0.4, -0.2) is 43.2 Å². The molecule has 1 aromatic carbocycles. The predicted molar refractivity (Wildman–Crippen MR) is 78.0 cm³/mol. The van der Waals surface area contributed by atoms with Crippen LogP contribution in [0.2, 0.25) is 0 Å². The van der Waals surface area contributed by atoms with Crippen LogP contribution in [-0.2, 0) is 22.6 Å². The van der Waals surface area contributed by atoms with Crippen LogP contribution in [0.3, 0.4) is 0 Å².